The van der Waals surface area contributed by atoms with Gasteiger partial charge < -0.3 is 11.1 Å². The van der Waals surface area contributed by atoms with Gasteiger partial charge >= 0.3 is 12.1 Å². The Bertz CT molecular complexity index is 941. The van der Waals surface area contributed by atoms with Crippen molar-refractivity contribution in [3.05, 3.63) is 54.1 Å². The number of carbonyl (C=O) groups is 2. The average Bonchev–Trinajstić information content (AvgIpc) is 2.54. The van der Waals surface area contributed by atoms with Crippen molar-refractivity contribution in [1.82, 2.24) is 0 Å². The predicted octanol–water partition coefficient (Wildman–Crippen LogP) is 2.09. The van der Waals surface area contributed by atoms with Crippen molar-refractivity contribution in [2.75, 3.05) is 10.0 Å². The highest BCUT2D eigenvalue weighted by Crippen LogP contribution is 2.22. The van der Waals surface area contributed by atoms with E-state index >= 15 is 0 Å². The number of rotatable bonds is 5. The molecule has 0 bridgehead atoms. The lowest BCUT2D eigenvalue weighted by molar-refractivity contribution is -0.167. The molecule has 0 radical (unpaired) electrons. The van der Waals surface area contributed by atoms with Gasteiger partial charge in [0.15, 0.2) is 0 Å². The van der Waals surface area contributed by atoms with E-state index in [9.17, 15) is 31.2 Å². The smallest absolute Gasteiger partial charge is 0.366 e. The minimum Gasteiger partial charge on any atom is -0.366 e. The summed E-state index contributed by atoms with van der Waals surface area (Å²) in [5.41, 5.74) is 4.84. The Balaban J connectivity index is 2.23. The third-order valence-electron chi connectivity index (χ3n) is 3.12. The first-order valence-corrected chi connectivity index (χ1v) is 8.39. The van der Waals surface area contributed by atoms with Gasteiger partial charge in [0.25, 0.3) is 15.9 Å². The van der Waals surface area contributed by atoms with Crippen LogP contribution in [0, 0.1) is 0 Å². The maximum atomic E-state index is 12.3. The third-order valence-corrected chi connectivity index (χ3v) is 4.50. The molecule has 2 aromatic rings. The standard InChI is InChI=1S/C15H12F3N3O4S/c16-15(17,18)14(23)20-9-5-7-10(8-6-9)26(24,25)21-12-4-2-1-3-11(12)13(19)22/h1-8,21H,(H2,19,22)(H,20,23). The van der Waals surface area contributed by atoms with Crippen LogP contribution in [0.25, 0.3) is 0 Å². The van der Waals surface area contributed by atoms with E-state index in [1.54, 1.807) is 5.32 Å². The van der Waals surface area contributed by atoms with Gasteiger partial charge in [-0.1, -0.05) is 12.1 Å². The molecule has 7 nitrogen and oxygen atoms in total. The van der Waals surface area contributed by atoms with Crippen LogP contribution in [0.15, 0.2) is 53.4 Å². The number of nitrogens with one attached hydrogen (secondary N) is 2. The number of hydrogen-bond acceptors (Lipinski definition) is 4. The van der Waals surface area contributed by atoms with Gasteiger partial charge in [-0.3, -0.25) is 14.3 Å². The fraction of sp³-hybridized carbons (Fsp3) is 0.0667. The monoisotopic (exact) mass is 387 g/mol. The molecule has 0 unspecified atom stereocenters. The highest BCUT2D eigenvalue weighted by molar-refractivity contribution is 7.92. The van der Waals surface area contributed by atoms with Crippen LogP contribution in [-0.2, 0) is 14.8 Å². The number of carbonyl (C=O) groups excluding carboxylic acids is 2. The summed E-state index contributed by atoms with van der Waals surface area (Å²) in [5.74, 6) is -3.02. The largest absolute Gasteiger partial charge is 0.471 e. The van der Waals surface area contributed by atoms with Crippen molar-refractivity contribution >= 4 is 33.2 Å². The summed E-state index contributed by atoms with van der Waals surface area (Å²) in [4.78, 5) is 21.9. The Morgan fingerprint density at radius 3 is 2.08 bits per heavy atom. The molecule has 0 saturated heterocycles. The molecule has 0 fully saturated rings. The van der Waals surface area contributed by atoms with Crippen LogP contribution >= 0.6 is 0 Å². The minimum absolute atomic E-state index is 0.0468. The zero-order chi connectivity index (χ0) is 19.5. The SMILES string of the molecule is NC(=O)c1ccccc1NS(=O)(=O)c1ccc(NC(=O)C(F)(F)F)cc1. The number of anilines is 2. The van der Waals surface area contributed by atoms with Gasteiger partial charge in [-0.05, 0) is 36.4 Å². The maximum Gasteiger partial charge on any atom is 0.471 e. The summed E-state index contributed by atoms with van der Waals surface area (Å²) >= 11 is 0. The molecule has 4 N–H and O–H groups in total. The lowest BCUT2D eigenvalue weighted by atomic mass is 10.2. The van der Waals surface area contributed by atoms with Gasteiger partial charge in [-0.25, -0.2) is 8.42 Å². The molecular formula is C15H12F3N3O4S. The zero-order valence-electron chi connectivity index (χ0n) is 12.9. The topological polar surface area (TPSA) is 118 Å². The molecule has 0 atom stereocenters. The number of nitrogens with two attached hydrogens (primary N) is 1. The van der Waals surface area contributed by atoms with E-state index in [1.165, 1.54) is 24.3 Å². The molecule has 0 spiro atoms. The summed E-state index contributed by atoms with van der Waals surface area (Å²) in [6.07, 6.45) is -5.06. The molecular weight excluding hydrogens is 375 g/mol. The number of primary amides is 1. The second-order valence-electron chi connectivity index (χ2n) is 4.99. The molecule has 2 rings (SSSR count). The summed E-state index contributed by atoms with van der Waals surface area (Å²) in [6.45, 7) is 0. The minimum atomic E-state index is -5.06. The number of para-hydroxylation sites is 1. The average molecular weight is 387 g/mol. The van der Waals surface area contributed by atoms with Crippen molar-refractivity contribution in [3.8, 4) is 0 Å². The van der Waals surface area contributed by atoms with Crippen LogP contribution in [0.4, 0.5) is 24.5 Å². The lowest BCUT2D eigenvalue weighted by Crippen LogP contribution is -2.29. The second-order valence-corrected chi connectivity index (χ2v) is 6.67. The summed E-state index contributed by atoms with van der Waals surface area (Å²) in [6, 6.07) is 9.64. The van der Waals surface area contributed by atoms with Gasteiger partial charge in [0.05, 0.1) is 16.1 Å². The van der Waals surface area contributed by atoms with Gasteiger partial charge in [0, 0.05) is 5.69 Å². The molecule has 26 heavy (non-hydrogen) atoms. The van der Waals surface area contributed by atoms with Crippen LogP contribution in [0.1, 0.15) is 10.4 Å². The Labute approximate surface area is 146 Å². The lowest BCUT2D eigenvalue weighted by Gasteiger charge is -2.12. The first-order valence-electron chi connectivity index (χ1n) is 6.90. The van der Waals surface area contributed by atoms with Crippen molar-refractivity contribution in [2.24, 2.45) is 5.73 Å². The molecule has 0 aliphatic rings. The van der Waals surface area contributed by atoms with Crippen LogP contribution < -0.4 is 15.8 Å². The first-order chi connectivity index (χ1) is 12.0. The Morgan fingerprint density at radius 1 is 0.962 bits per heavy atom. The zero-order valence-corrected chi connectivity index (χ0v) is 13.7. The molecule has 0 aromatic heterocycles. The van der Waals surface area contributed by atoms with Gasteiger partial charge in [0.1, 0.15) is 0 Å². The van der Waals surface area contributed by atoms with Crippen molar-refractivity contribution in [1.29, 1.82) is 0 Å². The van der Waals surface area contributed by atoms with E-state index in [2.05, 4.69) is 4.72 Å². The number of alkyl halides is 3. The predicted molar refractivity (Wildman–Crippen MR) is 86.9 cm³/mol. The van der Waals surface area contributed by atoms with Crippen LogP contribution in [0.5, 0.6) is 0 Å². The summed E-state index contributed by atoms with van der Waals surface area (Å²) in [7, 11) is -4.14. The molecule has 0 aliphatic heterocycles. The molecule has 0 aliphatic carbocycles. The van der Waals surface area contributed by atoms with E-state index in [1.807, 2.05) is 0 Å². The number of benzene rings is 2. The fourth-order valence-corrected chi connectivity index (χ4v) is 2.99. The van der Waals surface area contributed by atoms with Crippen LogP contribution in [-0.4, -0.2) is 26.4 Å². The number of hydrogen-bond donors (Lipinski definition) is 3. The maximum absolute atomic E-state index is 12.3. The van der Waals surface area contributed by atoms with Crippen molar-refractivity contribution in [2.45, 2.75) is 11.1 Å². The summed E-state index contributed by atoms with van der Waals surface area (Å²) < 4.78 is 63.4. The van der Waals surface area contributed by atoms with Gasteiger partial charge in [-0.2, -0.15) is 13.2 Å². The number of halogens is 3. The van der Waals surface area contributed by atoms with Crippen molar-refractivity contribution in [3.63, 3.8) is 0 Å². The van der Waals surface area contributed by atoms with E-state index in [-0.39, 0.29) is 21.8 Å². The highest BCUT2D eigenvalue weighted by Gasteiger charge is 2.38. The van der Waals surface area contributed by atoms with E-state index in [4.69, 9.17) is 5.73 Å². The molecule has 0 saturated carbocycles. The molecule has 138 valence electrons. The Morgan fingerprint density at radius 2 is 1.54 bits per heavy atom. The molecule has 0 heterocycles. The van der Waals surface area contributed by atoms with E-state index in [0.717, 1.165) is 24.3 Å². The molecule has 11 heteroatoms. The fourth-order valence-electron chi connectivity index (χ4n) is 1.91. The molecule has 2 aromatic carbocycles. The molecule has 2 amide bonds. The van der Waals surface area contributed by atoms with Crippen LogP contribution in [0.3, 0.4) is 0 Å². The second kappa shape index (κ2) is 7.04. The summed E-state index contributed by atoms with van der Waals surface area (Å²) in [5, 5.41) is 1.59. The third kappa shape index (κ3) is 4.51. The quantitative estimate of drug-likeness (QED) is 0.728. The first kappa shape index (κ1) is 19.2. The van der Waals surface area contributed by atoms with E-state index in [0.29, 0.717) is 0 Å². The Hall–Kier alpha value is -3.08. The number of sulfonamides is 1. The normalized spacial score (nSPS) is 11.7. The van der Waals surface area contributed by atoms with Crippen molar-refractivity contribution < 1.29 is 31.2 Å². The van der Waals surface area contributed by atoms with E-state index < -0.39 is 28.0 Å². The van der Waals surface area contributed by atoms with Crippen LogP contribution in [0.2, 0.25) is 0 Å². The highest BCUT2D eigenvalue weighted by atomic mass is 32.2. The van der Waals surface area contributed by atoms with Gasteiger partial charge in [0.2, 0.25) is 0 Å². The Kier molecular flexibility index (Phi) is 5.21. The number of amides is 2. The van der Waals surface area contributed by atoms with Gasteiger partial charge in [-0.15, -0.1) is 0 Å².